The van der Waals surface area contributed by atoms with E-state index in [2.05, 4.69) is 31.2 Å². The van der Waals surface area contributed by atoms with Gasteiger partial charge in [-0.15, -0.1) is 0 Å². The molecule has 0 radical (unpaired) electrons. The van der Waals surface area contributed by atoms with Crippen LogP contribution in [-0.2, 0) is 16.9 Å². The van der Waals surface area contributed by atoms with Gasteiger partial charge in [-0.3, -0.25) is 9.48 Å². The van der Waals surface area contributed by atoms with E-state index >= 15 is 0 Å². The largest absolute Gasteiger partial charge is 0.370 e. The van der Waals surface area contributed by atoms with Gasteiger partial charge in [0.05, 0.1) is 11.7 Å². The lowest BCUT2D eigenvalue weighted by molar-refractivity contribution is -0.118. The van der Waals surface area contributed by atoms with Gasteiger partial charge in [0.25, 0.3) is 0 Å². The van der Waals surface area contributed by atoms with E-state index in [1.807, 2.05) is 24.0 Å². The molecule has 1 unspecified atom stereocenters. The number of nitrogens with one attached hydrogen (secondary N) is 1. The van der Waals surface area contributed by atoms with Gasteiger partial charge in [0.2, 0.25) is 5.91 Å². The minimum absolute atomic E-state index is 0.00289. The van der Waals surface area contributed by atoms with Crippen LogP contribution in [0.2, 0.25) is 0 Å². The van der Waals surface area contributed by atoms with Crippen molar-refractivity contribution in [2.45, 2.75) is 52.2 Å². The Bertz CT molecular complexity index is 378. The Hall–Kier alpha value is -1.36. The fourth-order valence-electron chi connectivity index (χ4n) is 1.48. The molecule has 1 amide bonds. The van der Waals surface area contributed by atoms with E-state index in [0.717, 1.165) is 5.56 Å². The van der Waals surface area contributed by atoms with Crippen molar-refractivity contribution in [3.05, 3.63) is 18.0 Å². The van der Waals surface area contributed by atoms with E-state index in [0.29, 0.717) is 13.0 Å². The quantitative estimate of drug-likeness (QED) is 0.803. The summed E-state index contributed by atoms with van der Waals surface area (Å²) in [6, 6.07) is 0.0884. The van der Waals surface area contributed by atoms with Crippen LogP contribution in [0.15, 0.2) is 12.4 Å². The molecule has 0 aliphatic rings. The molecule has 0 spiro atoms. The number of primary amides is 1. The van der Waals surface area contributed by atoms with Crippen LogP contribution >= 0.6 is 0 Å². The smallest absolute Gasteiger partial charge is 0.218 e. The molecule has 0 aromatic carbocycles. The van der Waals surface area contributed by atoms with Crippen molar-refractivity contribution in [3.63, 3.8) is 0 Å². The molecule has 96 valence electrons. The first-order chi connectivity index (χ1) is 7.79. The molecule has 1 atom stereocenters. The van der Waals surface area contributed by atoms with Gasteiger partial charge in [-0.1, -0.05) is 0 Å². The van der Waals surface area contributed by atoms with Gasteiger partial charge in [0.1, 0.15) is 0 Å². The second-order valence-corrected chi connectivity index (χ2v) is 5.42. The number of amides is 1. The van der Waals surface area contributed by atoms with E-state index in [-0.39, 0.29) is 17.5 Å². The zero-order chi connectivity index (χ0) is 13.1. The van der Waals surface area contributed by atoms with E-state index in [1.54, 1.807) is 0 Å². The highest BCUT2D eigenvalue weighted by Gasteiger charge is 2.14. The van der Waals surface area contributed by atoms with Crippen LogP contribution in [0.5, 0.6) is 0 Å². The fraction of sp³-hybridized carbons (Fsp3) is 0.667. The second kappa shape index (κ2) is 5.31. The van der Waals surface area contributed by atoms with Crippen LogP contribution in [0, 0.1) is 0 Å². The Morgan fingerprint density at radius 2 is 2.24 bits per heavy atom. The third-order valence-corrected chi connectivity index (χ3v) is 2.49. The predicted molar refractivity (Wildman–Crippen MR) is 67.3 cm³/mol. The molecule has 1 heterocycles. The Morgan fingerprint density at radius 3 is 2.71 bits per heavy atom. The third kappa shape index (κ3) is 4.56. The van der Waals surface area contributed by atoms with Crippen LogP contribution in [0.3, 0.4) is 0 Å². The van der Waals surface area contributed by atoms with Gasteiger partial charge in [0.15, 0.2) is 0 Å². The van der Waals surface area contributed by atoms with E-state index in [4.69, 9.17) is 5.73 Å². The summed E-state index contributed by atoms with van der Waals surface area (Å²) in [4.78, 5) is 10.7. The van der Waals surface area contributed by atoms with Crippen LogP contribution in [0.4, 0.5) is 0 Å². The predicted octanol–water partition coefficient (Wildman–Crippen LogP) is 0.992. The van der Waals surface area contributed by atoms with Gasteiger partial charge < -0.3 is 11.1 Å². The van der Waals surface area contributed by atoms with Crippen LogP contribution in [-0.4, -0.2) is 21.7 Å². The number of hydrogen-bond donors (Lipinski definition) is 2. The summed E-state index contributed by atoms with van der Waals surface area (Å²) in [5, 5.41) is 7.55. The molecule has 0 saturated carbocycles. The van der Waals surface area contributed by atoms with Crippen LogP contribution < -0.4 is 11.1 Å². The molecular weight excluding hydrogens is 216 g/mol. The maximum atomic E-state index is 10.7. The van der Waals surface area contributed by atoms with Crippen molar-refractivity contribution < 1.29 is 4.79 Å². The molecule has 1 aromatic rings. The first-order valence-electron chi connectivity index (χ1n) is 5.85. The second-order valence-electron chi connectivity index (χ2n) is 5.42. The zero-order valence-corrected chi connectivity index (χ0v) is 11.0. The molecule has 1 rings (SSSR count). The third-order valence-electron chi connectivity index (χ3n) is 2.49. The van der Waals surface area contributed by atoms with E-state index in [1.165, 1.54) is 0 Å². The summed E-state index contributed by atoms with van der Waals surface area (Å²) in [6.07, 6.45) is 4.21. The SMILES string of the molecule is CC(CC(N)=O)NCc1cnn(C(C)(C)C)c1. The monoisotopic (exact) mass is 238 g/mol. The lowest BCUT2D eigenvalue weighted by Crippen LogP contribution is -2.30. The Morgan fingerprint density at radius 1 is 1.59 bits per heavy atom. The van der Waals surface area contributed by atoms with Gasteiger partial charge in [-0.25, -0.2) is 0 Å². The van der Waals surface area contributed by atoms with Crippen LogP contribution in [0.25, 0.3) is 0 Å². The molecule has 0 saturated heterocycles. The van der Waals surface area contributed by atoms with Crippen molar-refractivity contribution in [2.24, 2.45) is 5.73 Å². The van der Waals surface area contributed by atoms with Gasteiger partial charge in [-0.05, 0) is 27.7 Å². The summed E-state index contributed by atoms with van der Waals surface area (Å²) < 4.78 is 1.93. The van der Waals surface area contributed by atoms with Crippen LogP contribution in [0.1, 0.15) is 39.7 Å². The average Bonchev–Trinajstić information content (AvgIpc) is 2.61. The number of aromatic nitrogens is 2. The Balaban J connectivity index is 2.48. The molecule has 5 nitrogen and oxygen atoms in total. The maximum absolute atomic E-state index is 10.7. The summed E-state index contributed by atoms with van der Waals surface area (Å²) >= 11 is 0. The molecular formula is C12H22N4O. The molecule has 3 N–H and O–H groups in total. The van der Waals surface area contributed by atoms with Crippen molar-refractivity contribution in [3.8, 4) is 0 Å². The highest BCUT2D eigenvalue weighted by molar-refractivity contribution is 5.74. The molecule has 17 heavy (non-hydrogen) atoms. The summed E-state index contributed by atoms with van der Waals surface area (Å²) in [5.74, 6) is -0.282. The van der Waals surface area contributed by atoms with Crippen molar-refractivity contribution in [1.82, 2.24) is 15.1 Å². The average molecular weight is 238 g/mol. The molecule has 5 heteroatoms. The van der Waals surface area contributed by atoms with E-state index < -0.39 is 0 Å². The van der Waals surface area contributed by atoms with Crippen molar-refractivity contribution in [1.29, 1.82) is 0 Å². The fourth-order valence-corrected chi connectivity index (χ4v) is 1.48. The van der Waals surface area contributed by atoms with Gasteiger partial charge in [-0.2, -0.15) is 5.10 Å². The summed E-state index contributed by atoms with van der Waals surface area (Å²) in [7, 11) is 0. The number of nitrogens with two attached hydrogens (primary N) is 1. The number of hydrogen-bond acceptors (Lipinski definition) is 3. The molecule has 0 aliphatic carbocycles. The lowest BCUT2D eigenvalue weighted by atomic mass is 10.1. The number of carbonyl (C=O) groups is 1. The first-order valence-corrected chi connectivity index (χ1v) is 5.85. The summed E-state index contributed by atoms with van der Waals surface area (Å²) in [5.41, 5.74) is 6.23. The highest BCUT2D eigenvalue weighted by Crippen LogP contribution is 2.13. The first kappa shape index (κ1) is 13.7. The topological polar surface area (TPSA) is 72.9 Å². The Kier molecular flexibility index (Phi) is 4.28. The van der Waals surface area contributed by atoms with Crippen molar-refractivity contribution in [2.75, 3.05) is 0 Å². The highest BCUT2D eigenvalue weighted by atomic mass is 16.1. The number of rotatable bonds is 5. The number of nitrogens with zero attached hydrogens (tertiary/aromatic N) is 2. The number of carbonyl (C=O) groups excluding carboxylic acids is 1. The molecule has 0 aliphatic heterocycles. The minimum atomic E-state index is -0.282. The van der Waals surface area contributed by atoms with Crippen molar-refractivity contribution >= 4 is 5.91 Å². The van der Waals surface area contributed by atoms with Gasteiger partial charge >= 0.3 is 0 Å². The zero-order valence-electron chi connectivity index (χ0n) is 11.0. The molecule has 0 fully saturated rings. The summed E-state index contributed by atoms with van der Waals surface area (Å²) in [6.45, 7) is 8.95. The maximum Gasteiger partial charge on any atom is 0.218 e. The normalized spacial score (nSPS) is 13.6. The minimum Gasteiger partial charge on any atom is -0.370 e. The lowest BCUT2D eigenvalue weighted by Gasteiger charge is -2.18. The standard InChI is InChI=1S/C12H22N4O/c1-9(5-11(13)17)14-6-10-7-15-16(8-10)12(2,3)4/h7-9,14H,5-6H2,1-4H3,(H2,13,17). The Labute approximate surface area is 102 Å². The molecule has 1 aromatic heterocycles. The van der Waals surface area contributed by atoms with E-state index in [9.17, 15) is 4.79 Å². The van der Waals surface area contributed by atoms with Gasteiger partial charge in [0, 0.05) is 30.8 Å². The molecule has 0 bridgehead atoms.